The van der Waals surface area contributed by atoms with Crippen LogP contribution in [-0.2, 0) is 10.0 Å². The number of carbonyl (C=O) groups is 1. The number of carbonyl (C=O) groups excluding carboxylic acids is 1. The van der Waals surface area contributed by atoms with Gasteiger partial charge in [0.05, 0.1) is 35.0 Å². The normalized spacial score (nSPS) is 19.0. The van der Waals surface area contributed by atoms with Gasteiger partial charge in [0.1, 0.15) is 11.6 Å². The highest BCUT2D eigenvalue weighted by molar-refractivity contribution is 7.92. The molecule has 242 valence electrons. The molecule has 3 fully saturated rings. The van der Waals surface area contributed by atoms with Crippen molar-refractivity contribution in [1.82, 2.24) is 9.36 Å². The van der Waals surface area contributed by atoms with Gasteiger partial charge in [-0.2, -0.15) is 4.37 Å². The fraction of sp³-hybridized carbons (Fsp3) is 0.516. The molecule has 10 nitrogen and oxygen atoms in total. The number of benzene rings is 1. The van der Waals surface area contributed by atoms with E-state index in [0.717, 1.165) is 47.6 Å². The first-order valence-electron chi connectivity index (χ1n) is 15.3. The standard InChI is InChI=1S/C31H38F2N6O4S2/c1-20-27(21(2)44-36-20)24-5-6-26(34-28(24)39-15-11-31(32,33)12-16-39)35-29(41)23-4-3-22(37-45(42,43)18-17-40)19-25(23)38-13-9-30(7-8-30)10-14-38/h3-6,19,37,40H,7-18H2,1-2H3,(H,34,35,41). The number of hydrogen-bond donors (Lipinski definition) is 3. The van der Waals surface area contributed by atoms with Gasteiger partial charge in [0.15, 0.2) is 0 Å². The van der Waals surface area contributed by atoms with Crippen LogP contribution in [0, 0.1) is 19.3 Å². The minimum absolute atomic E-state index is 0.133. The van der Waals surface area contributed by atoms with Crippen molar-refractivity contribution in [2.45, 2.75) is 58.3 Å². The number of aliphatic hydroxyl groups is 1. The Hall–Kier alpha value is -3.36. The van der Waals surface area contributed by atoms with E-state index in [1.54, 1.807) is 18.2 Å². The van der Waals surface area contributed by atoms with Gasteiger partial charge in [-0.15, -0.1) is 0 Å². The van der Waals surface area contributed by atoms with E-state index in [9.17, 15) is 22.0 Å². The summed E-state index contributed by atoms with van der Waals surface area (Å²) in [6.45, 7) is 5.12. The van der Waals surface area contributed by atoms with Gasteiger partial charge >= 0.3 is 0 Å². The Balaban J connectivity index is 1.31. The summed E-state index contributed by atoms with van der Waals surface area (Å²) in [6, 6.07) is 8.35. The van der Waals surface area contributed by atoms with Crippen molar-refractivity contribution in [2.75, 3.05) is 58.4 Å². The molecule has 3 aromatic rings. The number of nitrogens with one attached hydrogen (secondary N) is 2. The van der Waals surface area contributed by atoms with E-state index >= 15 is 0 Å². The second-order valence-corrected chi connectivity index (χ2v) is 15.2. The monoisotopic (exact) mass is 660 g/mol. The Morgan fingerprint density at radius 2 is 1.69 bits per heavy atom. The highest BCUT2D eigenvalue weighted by Crippen LogP contribution is 2.54. The second-order valence-electron chi connectivity index (χ2n) is 12.4. The van der Waals surface area contributed by atoms with Gasteiger partial charge in [0.25, 0.3) is 11.8 Å². The van der Waals surface area contributed by atoms with Crippen LogP contribution in [0.15, 0.2) is 30.3 Å². The number of nitrogens with zero attached hydrogens (tertiary/aromatic N) is 4. The summed E-state index contributed by atoms with van der Waals surface area (Å²) < 4.78 is 59.8. The van der Waals surface area contributed by atoms with Gasteiger partial charge in [-0.05, 0) is 86.8 Å². The smallest absolute Gasteiger partial charge is 0.258 e. The predicted molar refractivity (Wildman–Crippen MR) is 173 cm³/mol. The lowest BCUT2D eigenvalue weighted by Crippen LogP contribution is -2.40. The Kier molecular flexibility index (Phi) is 8.50. The fourth-order valence-electron chi connectivity index (χ4n) is 6.35. The minimum Gasteiger partial charge on any atom is -0.395 e. The highest BCUT2D eigenvalue weighted by Gasteiger charge is 2.44. The Labute approximate surface area is 266 Å². The molecule has 2 aliphatic heterocycles. The molecule has 1 aliphatic carbocycles. The number of pyridine rings is 1. The molecule has 0 radical (unpaired) electrons. The number of halogens is 2. The number of aryl methyl sites for hydroxylation is 2. The summed E-state index contributed by atoms with van der Waals surface area (Å²) in [5, 5.41) is 12.1. The summed E-state index contributed by atoms with van der Waals surface area (Å²) in [5.74, 6) is -2.77. The number of amides is 1. The zero-order valence-electron chi connectivity index (χ0n) is 25.4. The third kappa shape index (κ3) is 6.92. The molecule has 4 heterocycles. The van der Waals surface area contributed by atoms with Crippen LogP contribution in [0.25, 0.3) is 11.1 Å². The molecule has 0 atom stereocenters. The third-order valence-electron chi connectivity index (χ3n) is 9.21. The lowest BCUT2D eigenvalue weighted by Gasteiger charge is -2.35. The SMILES string of the molecule is Cc1nsc(C)c1-c1ccc(NC(=O)c2ccc(NS(=O)(=O)CCO)cc2N2CCC3(CC2)CC3)nc1N1CCC(F)(F)CC1. The topological polar surface area (TPSA) is 128 Å². The molecule has 0 bridgehead atoms. The molecule has 0 unspecified atom stereocenters. The van der Waals surface area contributed by atoms with Gasteiger partial charge in [-0.3, -0.25) is 9.52 Å². The van der Waals surface area contributed by atoms with Crippen LogP contribution in [0.2, 0.25) is 0 Å². The van der Waals surface area contributed by atoms with Crippen molar-refractivity contribution < 1.29 is 27.1 Å². The Morgan fingerprint density at radius 3 is 2.31 bits per heavy atom. The second kappa shape index (κ2) is 12.1. The van der Waals surface area contributed by atoms with Crippen LogP contribution >= 0.6 is 11.5 Å². The number of alkyl halides is 2. The predicted octanol–water partition coefficient (Wildman–Crippen LogP) is 5.42. The number of aromatic nitrogens is 2. The van der Waals surface area contributed by atoms with E-state index in [-0.39, 0.29) is 31.7 Å². The number of aliphatic hydroxyl groups excluding tert-OH is 1. The lowest BCUT2D eigenvalue weighted by molar-refractivity contribution is -0.0221. The molecule has 1 aromatic carbocycles. The van der Waals surface area contributed by atoms with E-state index in [0.29, 0.717) is 28.2 Å². The quantitative estimate of drug-likeness (QED) is 0.278. The van der Waals surface area contributed by atoms with Crippen molar-refractivity contribution in [1.29, 1.82) is 0 Å². The molecular weight excluding hydrogens is 623 g/mol. The zero-order valence-corrected chi connectivity index (χ0v) is 27.0. The average Bonchev–Trinajstić information content (AvgIpc) is 3.66. The third-order valence-corrected chi connectivity index (χ3v) is 11.3. The van der Waals surface area contributed by atoms with Crippen LogP contribution in [0.3, 0.4) is 0 Å². The molecule has 3 N–H and O–H groups in total. The molecule has 14 heteroatoms. The van der Waals surface area contributed by atoms with Gasteiger partial charge in [0, 0.05) is 55.0 Å². The molecule has 1 saturated carbocycles. The van der Waals surface area contributed by atoms with Gasteiger partial charge in [-0.1, -0.05) is 0 Å². The summed E-state index contributed by atoms with van der Waals surface area (Å²) in [7, 11) is -3.76. The largest absolute Gasteiger partial charge is 0.395 e. The van der Waals surface area contributed by atoms with Crippen molar-refractivity contribution in [3.8, 4) is 11.1 Å². The van der Waals surface area contributed by atoms with Crippen molar-refractivity contribution in [3.05, 3.63) is 46.5 Å². The number of rotatable bonds is 9. The first kappa shape index (κ1) is 31.6. The first-order chi connectivity index (χ1) is 21.4. The molecule has 3 aliphatic rings. The number of sulfonamides is 1. The maximum atomic E-state index is 14.1. The van der Waals surface area contributed by atoms with E-state index in [4.69, 9.17) is 10.1 Å². The molecule has 6 rings (SSSR count). The molecular formula is C31H38F2N6O4S2. The van der Waals surface area contributed by atoms with Crippen LogP contribution in [0.1, 0.15) is 59.5 Å². The number of piperidine rings is 2. The van der Waals surface area contributed by atoms with Crippen LogP contribution in [0.4, 0.5) is 31.8 Å². The highest BCUT2D eigenvalue weighted by atomic mass is 32.2. The zero-order chi connectivity index (χ0) is 32.0. The number of hydrogen-bond acceptors (Lipinski definition) is 9. The van der Waals surface area contributed by atoms with E-state index in [1.807, 2.05) is 24.8 Å². The molecule has 2 aromatic heterocycles. The van der Waals surface area contributed by atoms with E-state index < -0.39 is 34.2 Å². The molecule has 1 spiro atoms. The maximum absolute atomic E-state index is 14.1. The van der Waals surface area contributed by atoms with E-state index in [1.165, 1.54) is 30.4 Å². The summed E-state index contributed by atoms with van der Waals surface area (Å²) in [4.78, 5) is 23.6. The van der Waals surface area contributed by atoms with Crippen LogP contribution in [0.5, 0.6) is 0 Å². The lowest BCUT2D eigenvalue weighted by atomic mass is 9.93. The molecule has 45 heavy (non-hydrogen) atoms. The maximum Gasteiger partial charge on any atom is 0.258 e. The Morgan fingerprint density at radius 1 is 1.00 bits per heavy atom. The van der Waals surface area contributed by atoms with E-state index in [2.05, 4.69) is 19.3 Å². The van der Waals surface area contributed by atoms with Crippen LogP contribution in [-0.4, -0.2) is 73.3 Å². The van der Waals surface area contributed by atoms with Gasteiger partial charge < -0.3 is 20.2 Å². The van der Waals surface area contributed by atoms with Gasteiger partial charge in [0.2, 0.25) is 10.0 Å². The average molecular weight is 661 g/mol. The first-order valence-corrected chi connectivity index (χ1v) is 17.7. The van der Waals surface area contributed by atoms with Crippen molar-refractivity contribution in [2.24, 2.45) is 5.41 Å². The number of anilines is 4. The minimum atomic E-state index is -3.76. The fourth-order valence-corrected chi connectivity index (χ4v) is 7.89. The summed E-state index contributed by atoms with van der Waals surface area (Å²) in [6.07, 6.45) is 3.89. The summed E-state index contributed by atoms with van der Waals surface area (Å²) in [5.41, 5.74) is 4.21. The van der Waals surface area contributed by atoms with Gasteiger partial charge in [-0.25, -0.2) is 22.2 Å². The molecule has 2 saturated heterocycles. The molecule has 1 amide bonds. The van der Waals surface area contributed by atoms with Crippen molar-refractivity contribution >= 4 is 50.5 Å². The Bertz CT molecular complexity index is 1670. The summed E-state index contributed by atoms with van der Waals surface area (Å²) >= 11 is 1.37. The van der Waals surface area contributed by atoms with Crippen molar-refractivity contribution in [3.63, 3.8) is 0 Å². The van der Waals surface area contributed by atoms with Crippen LogP contribution < -0.4 is 19.8 Å².